The van der Waals surface area contributed by atoms with Crippen molar-refractivity contribution in [2.75, 3.05) is 20.2 Å². The third kappa shape index (κ3) is 4.71. The Balaban J connectivity index is 1.56. The van der Waals surface area contributed by atoms with E-state index in [2.05, 4.69) is 9.97 Å². The van der Waals surface area contributed by atoms with Crippen LogP contribution in [0.15, 0.2) is 48.7 Å². The summed E-state index contributed by atoms with van der Waals surface area (Å²) in [6, 6.07) is 13.6. The Bertz CT molecular complexity index is 909. The molecule has 0 aliphatic carbocycles. The molecule has 0 aliphatic rings. The highest BCUT2D eigenvalue weighted by Crippen LogP contribution is 2.27. The van der Waals surface area contributed by atoms with E-state index in [0.29, 0.717) is 18.0 Å². The van der Waals surface area contributed by atoms with Gasteiger partial charge in [0.1, 0.15) is 15.6 Å². The molecular weight excluding hydrogens is 358 g/mol. The normalized spacial score (nSPS) is 10.6. The van der Waals surface area contributed by atoms with Gasteiger partial charge in [0.25, 0.3) is 5.91 Å². The van der Waals surface area contributed by atoms with E-state index in [1.165, 1.54) is 11.3 Å². The second-order valence-electron chi connectivity index (χ2n) is 6.34. The molecule has 5 nitrogen and oxygen atoms in total. The van der Waals surface area contributed by atoms with Gasteiger partial charge in [0.05, 0.1) is 18.0 Å². The number of carbonyl (C=O) groups excluding carboxylic acids is 1. The van der Waals surface area contributed by atoms with Crippen molar-refractivity contribution < 1.29 is 9.53 Å². The summed E-state index contributed by atoms with van der Waals surface area (Å²) < 4.78 is 5.80. The van der Waals surface area contributed by atoms with Crippen LogP contribution < -0.4 is 4.74 Å². The smallest absolute Gasteiger partial charge is 0.265 e. The maximum Gasteiger partial charge on any atom is 0.265 e. The molecule has 0 bridgehead atoms. The molecule has 0 unspecified atom stereocenters. The third-order valence-corrected chi connectivity index (χ3v) is 5.38. The number of aryl methyl sites for hydroxylation is 2. The minimum absolute atomic E-state index is 0.0110. The maximum atomic E-state index is 12.8. The molecule has 0 atom stereocenters. The van der Waals surface area contributed by atoms with Gasteiger partial charge in [-0.25, -0.2) is 4.98 Å². The first-order chi connectivity index (χ1) is 13.1. The Morgan fingerprint density at radius 1 is 1.15 bits per heavy atom. The fourth-order valence-electron chi connectivity index (χ4n) is 2.67. The monoisotopic (exact) mass is 381 g/mol. The molecule has 2 heterocycles. The fraction of sp³-hybridized carbons (Fsp3) is 0.286. The summed E-state index contributed by atoms with van der Waals surface area (Å²) in [5.41, 5.74) is 2.65. The van der Waals surface area contributed by atoms with E-state index in [4.69, 9.17) is 4.74 Å². The number of hydrogen-bond donors (Lipinski definition) is 0. The minimum Gasteiger partial charge on any atom is -0.493 e. The zero-order chi connectivity index (χ0) is 19.2. The van der Waals surface area contributed by atoms with E-state index in [1.807, 2.05) is 63.4 Å². The summed E-state index contributed by atoms with van der Waals surface area (Å²) in [5, 5.41) is 0.771. The van der Waals surface area contributed by atoms with Crippen molar-refractivity contribution in [2.24, 2.45) is 0 Å². The van der Waals surface area contributed by atoms with Gasteiger partial charge in [-0.1, -0.05) is 24.3 Å². The molecule has 6 heteroatoms. The van der Waals surface area contributed by atoms with Gasteiger partial charge in [-0.3, -0.25) is 9.78 Å². The van der Waals surface area contributed by atoms with Gasteiger partial charge in [-0.05, 0) is 44.0 Å². The number of benzene rings is 1. The van der Waals surface area contributed by atoms with E-state index in [9.17, 15) is 4.79 Å². The van der Waals surface area contributed by atoms with Crippen molar-refractivity contribution in [1.29, 1.82) is 0 Å². The van der Waals surface area contributed by atoms with Crippen molar-refractivity contribution in [3.8, 4) is 16.5 Å². The van der Waals surface area contributed by atoms with Crippen molar-refractivity contribution in [3.05, 3.63) is 64.8 Å². The predicted molar refractivity (Wildman–Crippen MR) is 108 cm³/mol. The van der Waals surface area contributed by atoms with Gasteiger partial charge in [-0.2, -0.15) is 0 Å². The first kappa shape index (κ1) is 19.0. The van der Waals surface area contributed by atoms with Gasteiger partial charge >= 0.3 is 0 Å². The molecule has 27 heavy (non-hydrogen) atoms. The molecule has 0 saturated heterocycles. The van der Waals surface area contributed by atoms with Crippen LogP contribution in [0.5, 0.6) is 5.75 Å². The second-order valence-corrected chi connectivity index (χ2v) is 7.34. The first-order valence-electron chi connectivity index (χ1n) is 8.89. The summed E-state index contributed by atoms with van der Waals surface area (Å²) >= 11 is 1.39. The van der Waals surface area contributed by atoms with Crippen LogP contribution in [0.1, 0.15) is 27.3 Å². The van der Waals surface area contributed by atoms with Crippen LogP contribution in [0.25, 0.3) is 10.7 Å². The van der Waals surface area contributed by atoms with E-state index in [0.717, 1.165) is 34.1 Å². The molecule has 0 spiro atoms. The highest BCUT2D eigenvalue weighted by atomic mass is 32.1. The number of ether oxygens (including phenoxy) is 1. The summed E-state index contributed by atoms with van der Waals surface area (Å²) in [5.74, 6) is 0.882. The van der Waals surface area contributed by atoms with Crippen LogP contribution in [0.3, 0.4) is 0 Å². The SMILES string of the molecule is Cc1ccccc1OCCCN(C)C(=O)c1sc(-c2ccccn2)nc1C. The van der Waals surface area contributed by atoms with Crippen LogP contribution >= 0.6 is 11.3 Å². The van der Waals surface area contributed by atoms with Gasteiger partial charge in [0.2, 0.25) is 0 Å². The molecule has 0 fully saturated rings. The lowest BCUT2D eigenvalue weighted by molar-refractivity contribution is 0.0791. The Kier molecular flexibility index (Phi) is 6.19. The Labute approximate surface area is 163 Å². The van der Waals surface area contributed by atoms with Crippen LogP contribution in [0, 0.1) is 13.8 Å². The highest BCUT2D eigenvalue weighted by Gasteiger charge is 2.19. The second kappa shape index (κ2) is 8.77. The zero-order valence-electron chi connectivity index (χ0n) is 15.8. The van der Waals surface area contributed by atoms with Gasteiger partial charge in [-0.15, -0.1) is 11.3 Å². The molecule has 140 valence electrons. The number of nitrogens with zero attached hydrogens (tertiary/aromatic N) is 3. The third-order valence-electron chi connectivity index (χ3n) is 4.21. The summed E-state index contributed by atoms with van der Waals surface area (Å²) in [7, 11) is 1.82. The number of thiazole rings is 1. The van der Waals surface area contributed by atoms with Crippen molar-refractivity contribution >= 4 is 17.2 Å². The largest absolute Gasteiger partial charge is 0.493 e. The molecule has 3 aromatic rings. The number of hydrogen-bond acceptors (Lipinski definition) is 5. The standard InChI is InChI=1S/C21H23N3O2S/c1-15-9-4-5-11-18(15)26-14-8-13-24(3)21(25)19-16(2)23-20(27-19)17-10-6-7-12-22-17/h4-7,9-12H,8,13-14H2,1-3H3. The average molecular weight is 382 g/mol. The number of para-hydroxylation sites is 1. The quantitative estimate of drug-likeness (QED) is 0.571. The molecule has 1 amide bonds. The summed E-state index contributed by atoms with van der Waals surface area (Å²) in [4.78, 5) is 24.0. The molecule has 0 N–H and O–H groups in total. The van der Waals surface area contributed by atoms with E-state index < -0.39 is 0 Å². The van der Waals surface area contributed by atoms with Crippen LogP contribution in [-0.4, -0.2) is 41.0 Å². The maximum absolute atomic E-state index is 12.8. The summed E-state index contributed by atoms with van der Waals surface area (Å²) in [6.45, 7) is 5.09. The highest BCUT2D eigenvalue weighted by molar-refractivity contribution is 7.17. The number of amides is 1. The molecule has 1 aromatic carbocycles. The summed E-state index contributed by atoms with van der Waals surface area (Å²) in [6.07, 6.45) is 2.50. The topological polar surface area (TPSA) is 55.3 Å². The molecular formula is C21H23N3O2S. The van der Waals surface area contributed by atoms with Gasteiger partial charge < -0.3 is 9.64 Å². The number of pyridine rings is 1. The zero-order valence-corrected chi connectivity index (χ0v) is 16.6. The van der Waals surface area contributed by atoms with Crippen LogP contribution in [-0.2, 0) is 0 Å². The van der Waals surface area contributed by atoms with Crippen LogP contribution in [0.2, 0.25) is 0 Å². The average Bonchev–Trinajstić information content (AvgIpc) is 3.08. The Hall–Kier alpha value is -2.73. The minimum atomic E-state index is -0.0110. The predicted octanol–water partition coefficient (Wildman–Crippen LogP) is 4.36. The lowest BCUT2D eigenvalue weighted by Gasteiger charge is -2.17. The molecule has 0 aliphatic heterocycles. The lowest BCUT2D eigenvalue weighted by atomic mass is 10.2. The van der Waals surface area contributed by atoms with Crippen molar-refractivity contribution in [2.45, 2.75) is 20.3 Å². The number of rotatable bonds is 7. The van der Waals surface area contributed by atoms with E-state index >= 15 is 0 Å². The van der Waals surface area contributed by atoms with E-state index in [1.54, 1.807) is 11.1 Å². The number of aromatic nitrogens is 2. The van der Waals surface area contributed by atoms with Crippen molar-refractivity contribution in [3.63, 3.8) is 0 Å². The number of carbonyl (C=O) groups is 1. The first-order valence-corrected chi connectivity index (χ1v) is 9.70. The molecule has 3 rings (SSSR count). The van der Waals surface area contributed by atoms with Crippen LogP contribution in [0.4, 0.5) is 0 Å². The molecule has 2 aromatic heterocycles. The Morgan fingerprint density at radius 3 is 2.67 bits per heavy atom. The lowest BCUT2D eigenvalue weighted by Crippen LogP contribution is -2.28. The van der Waals surface area contributed by atoms with Gasteiger partial charge in [0.15, 0.2) is 0 Å². The van der Waals surface area contributed by atoms with Gasteiger partial charge in [0, 0.05) is 19.8 Å². The Morgan fingerprint density at radius 2 is 1.93 bits per heavy atom. The molecule has 0 radical (unpaired) electrons. The van der Waals surface area contributed by atoms with E-state index in [-0.39, 0.29) is 5.91 Å². The molecule has 0 saturated carbocycles. The fourth-order valence-corrected chi connectivity index (χ4v) is 3.71. The van der Waals surface area contributed by atoms with Crippen molar-refractivity contribution in [1.82, 2.24) is 14.9 Å².